The standard InChI is InChI=1S/C18H21N5S2/c1-2-22-17(14-7-9-19-10-8-14)20-23(18(22)24)13-21-11-3-5-15(21)16-6-4-12-25-16/h4,6-10,12,15H,2-3,5,11,13H2,1H3/p+1/t15-/m0/s1. The van der Waals surface area contributed by atoms with Crippen LogP contribution in [0.4, 0.5) is 0 Å². The van der Waals surface area contributed by atoms with Crippen molar-refractivity contribution in [1.29, 1.82) is 0 Å². The minimum atomic E-state index is 0.568. The number of pyridine rings is 1. The van der Waals surface area contributed by atoms with Gasteiger partial charge in [0.15, 0.2) is 12.5 Å². The van der Waals surface area contributed by atoms with Gasteiger partial charge < -0.3 is 9.47 Å². The molecule has 1 fully saturated rings. The van der Waals surface area contributed by atoms with Crippen molar-refractivity contribution in [3.8, 4) is 11.4 Å². The van der Waals surface area contributed by atoms with Crippen LogP contribution in [0.5, 0.6) is 0 Å². The summed E-state index contributed by atoms with van der Waals surface area (Å²) in [6.45, 7) is 4.93. The molecule has 2 atom stereocenters. The van der Waals surface area contributed by atoms with Crippen molar-refractivity contribution in [2.45, 2.75) is 39.0 Å². The molecule has 25 heavy (non-hydrogen) atoms. The Bertz CT molecular complexity index is 882. The van der Waals surface area contributed by atoms with Gasteiger partial charge in [-0.2, -0.15) is 4.68 Å². The molecule has 1 N–H and O–H groups in total. The molecule has 4 rings (SSSR count). The third kappa shape index (κ3) is 3.19. The van der Waals surface area contributed by atoms with Crippen LogP contribution in [0.3, 0.4) is 0 Å². The highest BCUT2D eigenvalue weighted by Gasteiger charge is 2.31. The number of nitrogens with one attached hydrogen (secondary N) is 1. The van der Waals surface area contributed by atoms with Gasteiger partial charge in [0.1, 0.15) is 6.04 Å². The van der Waals surface area contributed by atoms with Gasteiger partial charge in [0.05, 0.1) is 11.4 Å². The van der Waals surface area contributed by atoms with E-state index in [-0.39, 0.29) is 0 Å². The molecule has 0 radical (unpaired) electrons. The molecule has 4 heterocycles. The lowest BCUT2D eigenvalue weighted by atomic mass is 10.2. The molecule has 1 saturated heterocycles. The van der Waals surface area contributed by atoms with E-state index in [0.29, 0.717) is 6.04 Å². The Hall–Kier alpha value is -1.83. The van der Waals surface area contributed by atoms with Gasteiger partial charge in [0.2, 0.25) is 4.77 Å². The van der Waals surface area contributed by atoms with Gasteiger partial charge >= 0.3 is 0 Å². The van der Waals surface area contributed by atoms with E-state index < -0.39 is 0 Å². The Labute approximate surface area is 156 Å². The molecule has 0 amide bonds. The second-order valence-corrected chi connectivity index (χ2v) is 7.71. The van der Waals surface area contributed by atoms with Gasteiger partial charge in [-0.05, 0) is 42.7 Å². The number of quaternary nitrogens is 1. The van der Waals surface area contributed by atoms with E-state index in [0.717, 1.165) is 29.4 Å². The van der Waals surface area contributed by atoms with Gasteiger partial charge in [-0.15, -0.1) is 16.4 Å². The summed E-state index contributed by atoms with van der Waals surface area (Å²) >= 11 is 7.58. The lowest BCUT2D eigenvalue weighted by Gasteiger charge is -2.20. The second kappa shape index (κ2) is 7.19. The predicted molar refractivity (Wildman–Crippen MR) is 102 cm³/mol. The summed E-state index contributed by atoms with van der Waals surface area (Å²) in [6, 6.07) is 8.95. The quantitative estimate of drug-likeness (QED) is 0.700. The molecule has 7 heteroatoms. The maximum Gasteiger partial charge on any atom is 0.203 e. The van der Waals surface area contributed by atoms with Crippen molar-refractivity contribution in [2.75, 3.05) is 6.54 Å². The molecule has 0 spiro atoms. The topological polar surface area (TPSA) is 40.1 Å². The summed E-state index contributed by atoms with van der Waals surface area (Å²) in [7, 11) is 0. The van der Waals surface area contributed by atoms with E-state index in [9.17, 15) is 0 Å². The van der Waals surface area contributed by atoms with Crippen molar-refractivity contribution in [3.63, 3.8) is 0 Å². The molecular formula is C18H22N5S2+. The molecule has 5 nitrogen and oxygen atoms in total. The van der Waals surface area contributed by atoms with Crippen LogP contribution in [0.15, 0.2) is 42.0 Å². The maximum atomic E-state index is 5.72. The third-order valence-corrected chi connectivity index (χ3v) is 6.32. The van der Waals surface area contributed by atoms with Crippen LogP contribution in [0.25, 0.3) is 11.4 Å². The second-order valence-electron chi connectivity index (χ2n) is 6.36. The van der Waals surface area contributed by atoms with E-state index in [1.54, 1.807) is 17.3 Å². The van der Waals surface area contributed by atoms with Crippen LogP contribution < -0.4 is 4.90 Å². The highest BCUT2D eigenvalue weighted by Crippen LogP contribution is 2.23. The Morgan fingerprint density at radius 1 is 1.32 bits per heavy atom. The summed E-state index contributed by atoms with van der Waals surface area (Å²) in [5, 5.41) is 7.03. The fourth-order valence-electron chi connectivity index (χ4n) is 3.67. The normalized spacial score (nSPS) is 20.2. The molecule has 0 aromatic carbocycles. The number of aromatic nitrogens is 4. The Balaban J connectivity index is 1.65. The average molecular weight is 373 g/mol. The smallest absolute Gasteiger partial charge is 0.203 e. The van der Waals surface area contributed by atoms with Gasteiger partial charge in [-0.3, -0.25) is 4.98 Å². The van der Waals surface area contributed by atoms with E-state index in [4.69, 9.17) is 17.3 Å². The Morgan fingerprint density at radius 3 is 2.88 bits per heavy atom. The van der Waals surface area contributed by atoms with E-state index in [1.807, 2.05) is 28.2 Å². The summed E-state index contributed by atoms with van der Waals surface area (Å²) in [5.74, 6) is 0.932. The van der Waals surface area contributed by atoms with E-state index in [1.165, 1.54) is 24.3 Å². The number of nitrogens with zero attached hydrogens (tertiary/aromatic N) is 4. The number of rotatable bonds is 5. The van der Waals surface area contributed by atoms with Crippen LogP contribution >= 0.6 is 23.6 Å². The van der Waals surface area contributed by atoms with Crippen molar-refractivity contribution < 1.29 is 4.90 Å². The van der Waals surface area contributed by atoms with E-state index in [2.05, 4.69) is 34.0 Å². The number of hydrogen-bond donors (Lipinski definition) is 1. The minimum absolute atomic E-state index is 0.568. The highest BCUT2D eigenvalue weighted by molar-refractivity contribution is 7.71. The zero-order valence-corrected chi connectivity index (χ0v) is 15.9. The molecule has 1 aliphatic heterocycles. The number of likely N-dealkylation sites (tertiary alicyclic amines) is 1. The van der Waals surface area contributed by atoms with Crippen LogP contribution in [-0.2, 0) is 13.2 Å². The first-order valence-corrected chi connectivity index (χ1v) is 10.0. The van der Waals surface area contributed by atoms with E-state index >= 15 is 0 Å². The third-order valence-electron chi connectivity index (χ3n) is 4.90. The van der Waals surface area contributed by atoms with Crippen LogP contribution in [0.2, 0.25) is 0 Å². The van der Waals surface area contributed by atoms with Gasteiger partial charge in [0, 0.05) is 37.3 Å². The predicted octanol–water partition coefficient (Wildman–Crippen LogP) is 2.93. The fraction of sp³-hybridized carbons (Fsp3) is 0.389. The zero-order chi connectivity index (χ0) is 17.2. The highest BCUT2D eigenvalue weighted by atomic mass is 32.1. The first-order chi connectivity index (χ1) is 12.3. The number of thiophene rings is 1. The zero-order valence-electron chi connectivity index (χ0n) is 14.3. The largest absolute Gasteiger partial charge is 0.309 e. The summed E-state index contributed by atoms with van der Waals surface area (Å²) in [4.78, 5) is 7.14. The average Bonchev–Trinajstić information content (AvgIpc) is 3.37. The van der Waals surface area contributed by atoms with Gasteiger partial charge in [-0.25, -0.2) is 0 Å². The SMILES string of the molecule is CCn1c(-c2ccncc2)nn(C[NH+]2CCC[C@H]2c2cccs2)c1=S. The molecule has 130 valence electrons. The van der Waals surface area contributed by atoms with Crippen LogP contribution in [-0.4, -0.2) is 25.9 Å². The Kier molecular flexibility index (Phi) is 4.78. The number of hydrogen-bond acceptors (Lipinski definition) is 4. The first kappa shape index (κ1) is 16.6. The minimum Gasteiger partial charge on any atom is -0.309 e. The van der Waals surface area contributed by atoms with Gasteiger partial charge in [0.25, 0.3) is 0 Å². The monoisotopic (exact) mass is 372 g/mol. The van der Waals surface area contributed by atoms with Crippen LogP contribution in [0, 0.1) is 4.77 Å². The summed E-state index contributed by atoms with van der Waals surface area (Å²) in [5.41, 5.74) is 1.06. The molecule has 3 aromatic rings. The summed E-state index contributed by atoms with van der Waals surface area (Å²) in [6.07, 6.45) is 6.11. The van der Waals surface area contributed by atoms with Crippen molar-refractivity contribution >= 4 is 23.6 Å². The fourth-order valence-corrected chi connectivity index (χ4v) is 4.91. The summed E-state index contributed by atoms with van der Waals surface area (Å²) < 4.78 is 4.93. The molecule has 3 aromatic heterocycles. The molecule has 0 aliphatic carbocycles. The van der Waals surface area contributed by atoms with Gasteiger partial charge in [-0.1, -0.05) is 6.07 Å². The first-order valence-electron chi connectivity index (χ1n) is 8.74. The molecular weight excluding hydrogens is 350 g/mol. The Morgan fingerprint density at radius 2 is 2.16 bits per heavy atom. The molecule has 0 bridgehead atoms. The lowest BCUT2D eigenvalue weighted by molar-refractivity contribution is -0.941. The van der Waals surface area contributed by atoms with Crippen molar-refractivity contribution in [3.05, 3.63) is 51.7 Å². The lowest BCUT2D eigenvalue weighted by Crippen LogP contribution is -3.09. The molecule has 1 unspecified atom stereocenters. The maximum absolute atomic E-state index is 5.72. The van der Waals surface area contributed by atoms with Crippen molar-refractivity contribution in [2.24, 2.45) is 0 Å². The molecule has 1 aliphatic rings. The molecule has 0 saturated carbocycles. The van der Waals surface area contributed by atoms with Crippen LogP contribution in [0.1, 0.15) is 30.7 Å². The van der Waals surface area contributed by atoms with Crippen molar-refractivity contribution in [1.82, 2.24) is 19.3 Å².